The average molecular weight is 1260 g/mol. The maximum absolute atomic E-state index is 8.63. The van der Waals surface area contributed by atoms with E-state index in [1.807, 2.05) is 36.4 Å². The van der Waals surface area contributed by atoms with E-state index in [9.17, 15) is 0 Å². The molecule has 12 aromatic carbocycles. The number of hydrogen-bond acceptors (Lipinski definition) is 6. The molecule has 0 radical (unpaired) electrons. The maximum Gasteiger partial charge on any atom is 0.115 e. The van der Waals surface area contributed by atoms with Crippen LogP contribution in [0, 0.1) is 0 Å². The lowest BCUT2D eigenvalue weighted by Gasteiger charge is -2.11. The molecule has 0 aromatic heterocycles. The fourth-order valence-electron chi connectivity index (χ4n) is 8.65. The molecule has 0 bridgehead atoms. The van der Waals surface area contributed by atoms with Crippen LogP contribution in [-0.4, -0.2) is 30.6 Å². The molecular formula is C88H106O6. The molecular weight excluding hydrogens is 1150 g/mol. The number of aryl methyl sites for hydroxylation is 6. The van der Waals surface area contributed by atoms with Gasteiger partial charge in [-0.2, -0.15) is 0 Å². The number of phenolic OH excluding ortho intramolecular Hbond substituents is 6. The number of benzene rings is 12. The molecule has 0 unspecified atom stereocenters. The molecule has 0 heterocycles. The Bertz CT molecular complexity index is 3290. The highest BCUT2D eigenvalue weighted by molar-refractivity contribution is 5.71. The van der Waals surface area contributed by atoms with Crippen molar-refractivity contribution in [1.82, 2.24) is 0 Å². The molecule has 6 N–H and O–H groups in total. The van der Waals surface area contributed by atoms with E-state index in [0.717, 1.165) is 38.5 Å². The second-order valence-electron chi connectivity index (χ2n) is 20.2. The average Bonchev–Trinajstić information content (AvgIpc) is 0.864. The minimum Gasteiger partial charge on any atom is -0.508 e. The third-order valence-corrected chi connectivity index (χ3v) is 13.8. The molecule has 0 atom stereocenters. The van der Waals surface area contributed by atoms with Crippen LogP contribution in [0.5, 0.6) is 34.5 Å². The summed E-state index contributed by atoms with van der Waals surface area (Å²) in [6.07, 6.45) is 6.59. The highest BCUT2D eigenvalue weighted by Gasteiger charge is 2.07. The van der Waals surface area contributed by atoms with Crippen molar-refractivity contribution in [1.29, 1.82) is 0 Å². The Labute approximate surface area is 566 Å². The first-order chi connectivity index (χ1) is 43.9. The van der Waals surface area contributed by atoms with Crippen molar-refractivity contribution < 1.29 is 30.6 Å². The van der Waals surface area contributed by atoms with Gasteiger partial charge in [-0.25, -0.2) is 0 Å². The minimum absolute atomic E-state index is 0. The van der Waals surface area contributed by atoms with Crippen LogP contribution in [-0.2, 0) is 38.5 Å². The van der Waals surface area contributed by atoms with Crippen molar-refractivity contribution >= 4 is 0 Å². The molecule has 0 amide bonds. The van der Waals surface area contributed by atoms with Crippen molar-refractivity contribution in [2.24, 2.45) is 0 Å². The Morgan fingerprint density at radius 1 is 0.170 bits per heavy atom. The van der Waals surface area contributed by atoms with Crippen molar-refractivity contribution in [2.45, 2.75) is 110 Å². The lowest BCUT2D eigenvalue weighted by Crippen LogP contribution is -1.91. The van der Waals surface area contributed by atoms with E-state index < -0.39 is 0 Å². The third-order valence-electron chi connectivity index (χ3n) is 13.8. The lowest BCUT2D eigenvalue weighted by molar-refractivity contribution is 0.475. The van der Waals surface area contributed by atoms with Crippen molar-refractivity contribution in [3.8, 4) is 67.9 Å². The first-order valence-electron chi connectivity index (χ1n) is 30.9. The van der Waals surface area contributed by atoms with Crippen LogP contribution in [0.4, 0.5) is 0 Å². The fraction of sp³-hybridized carbons (Fsp3) is 0.182. The summed E-state index contributed by atoms with van der Waals surface area (Å²) in [7, 11) is 0. The van der Waals surface area contributed by atoms with E-state index in [1.54, 1.807) is 146 Å². The molecule has 0 fully saturated rings. The van der Waals surface area contributed by atoms with Gasteiger partial charge in [0.25, 0.3) is 0 Å². The molecule has 0 saturated heterocycles. The van der Waals surface area contributed by atoms with Crippen LogP contribution in [0.1, 0.15) is 105 Å². The van der Waals surface area contributed by atoms with Crippen LogP contribution in [0.3, 0.4) is 0 Å². The topological polar surface area (TPSA) is 121 Å². The largest absolute Gasteiger partial charge is 0.508 e. The summed E-state index contributed by atoms with van der Waals surface area (Å²) in [5.41, 5.74) is 16.6. The Morgan fingerprint density at radius 3 is 0.521 bits per heavy atom. The van der Waals surface area contributed by atoms with Crippen LogP contribution < -0.4 is 0 Å². The van der Waals surface area contributed by atoms with Crippen molar-refractivity contribution in [2.75, 3.05) is 0 Å². The van der Waals surface area contributed by atoms with Crippen LogP contribution >= 0.6 is 0 Å². The van der Waals surface area contributed by atoms with Gasteiger partial charge in [-0.1, -0.05) is 326 Å². The van der Waals surface area contributed by atoms with Gasteiger partial charge in [-0.05, 0) is 178 Å². The summed E-state index contributed by atoms with van der Waals surface area (Å²) in [6, 6.07) is 105. The van der Waals surface area contributed by atoms with Gasteiger partial charge in [-0.15, -0.1) is 0 Å². The van der Waals surface area contributed by atoms with Crippen molar-refractivity contribution in [3.63, 3.8) is 0 Å². The normalized spacial score (nSPS) is 9.13. The zero-order valence-corrected chi connectivity index (χ0v) is 53.1. The summed E-state index contributed by atoms with van der Waals surface area (Å²) in [4.78, 5) is 0. The number of phenols is 6. The highest BCUT2D eigenvalue weighted by Crippen LogP contribution is 2.28. The molecule has 0 aliphatic rings. The zero-order valence-electron chi connectivity index (χ0n) is 53.1. The molecule has 12 rings (SSSR count). The van der Waals surface area contributed by atoms with Crippen molar-refractivity contribution in [3.05, 3.63) is 361 Å². The van der Waals surface area contributed by atoms with Gasteiger partial charge in [0.1, 0.15) is 34.5 Å². The second kappa shape index (κ2) is 51.1. The predicted octanol–water partition coefficient (Wildman–Crippen LogP) is 24.3. The van der Waals surface area contributed by atoms with Gasteiger partial charge >= 0.3 is 0 Å². The quantitative estimate of drug-likeness (QED) is 0.0856. The van der Waals surface area contributed by atoms with Crippen LogP contribution in [0.2, 0.25) is 0 Å². The standard InChI is InChI=1S/3C16H18.6C6H6O.4CH4/c1-3-13-5-9-15(10-6-13)16-11-7-14(4-2)8-12-16;1-3-13-9-5-7-11-15(13)16-12-8-6-10-14(16)4-2;1-3-13-9-11-15(12-10-13)16-8-6-5-7-14(16)4-2;6*7-6-4-2-1-3-5-6;;;;/h3*5-12H,3-4H2,1-2H3;6*1-5,7H;4*1H4. The van der Waals surface area contributed by atoms with Crippen LogP contribution in [0.25, 0.3) is 33.4 Å². The molecule has 94 heavy (non-hydrogen) atoms. The maximum atomic E-state index is 8.63. The number of para-hydroxylation sites is 6. The lowest BCUT2D eigenvalue weighted by atomic mass is 9.93. The first kappa shape index (κ1) is 83.4. The highest BCUT2D eigenvalue weighted by atomic mass is 16.3. The Kier molecular flexibility index (Phi) is 45.4. The fourth-order valence-corrected chi connectivity index (χ4v) is 8.65. The SMILES string of the molecule is C.C.C.C.CCc1ccc(-c2ccc(CC)cc2)cc1.CCc1ccc(-c2ccccc2CC)cc1.CCc1ccccc1-c1ccccc1CC.Oc1ccccc1.Oc1ccccc1.Oc1ccccc1.Oc1ccccc1.Oc1ccccc1.Oc1ccccc1. The molecule has 494 valence electrons. The molecule has 0 aliphatic carbocycles. The monoisotopic (exact) mass is 1260 g/mol. The van der Waals surface area contributed by atoms with E-state index in [0.29, 0.717) is 34.5 Å². The molecule has 0 saturated carbocycles. The molecule has 6 heteroatoms. The van der Waals surface area contributed by atoms with Gasteiger partial charge in [0.2, 0.25) is 0 Å². The second-order valence-corrected chi connectivity index (χ2v) is 20.2. The summed E-state index contributed by atoms with van der Waals surface area (Å²) in [5, 5.41) is 51.8. The Balaban J connectivity index is 0.00000106. The smallest absolute Gasteiger partial charge is 0.115 e. The van der Waals surface area contributed by atoms with Gasteiger partial charge in [-0.3, -0.25) is 0 Å². The summed E-state index contributed by atoms with van der Waals surface area (Å²) in [5.74, 6) is 1.93. The molecule has 0 aliphatic heterocycles. The van der Waals surface area contributed by atoms with E-state index in [2.05, 4.69) is 187 Å². The van der Waals surface area contributed by atoms with Crippen LogP contribution in [0.15, 0.2) is 328 Å². The summed E-state index contributed by atoms with van der Waals surface area (Å²) in [6.45, 7) is 13.2. The summed E-state index contributed by atoms with van der Waals surface area (Å²) >= 11 is 0. The number of hydrogen-bond donors (Lipinski definition) is 6. The van der Waals surface area contributed by atoms with Gasteiger partial charge in [0.05, 0.1) is 0 Å². The van der Waals surface area contributed by atoms with E-state index >= 15 is 0 Å². The minimum atomic E-state index is 0. The van der Waals surface area contributed by atoms with Gasteiger partial charge < -0.3 is 30.6 Å². The molecule has 12 aromatic rings. The van der Waals surface area contributed by atoms with E-state index in [4.69, 9.17) is 30.6 Å². The van der Waals surface area contributed by atoms with Gasteiger partial charge in [0.15, 0.2) is 0 Å². The summed E-state index contributed by atoms with van der Waals surface area (Å²) < 4.78 is 0. The third kappa shape index (κ3) is 34.0. The number of rotatable bonds is 9. The molecule has 0 spiro atoms. The van der Waals surface area contributed by atoms with E-state index in [-0.39, 0.29) is 29.7 Å². The zero-order chi connectivity index (χ0) is 64.8. The Hall–Kier alpha value is -10.6. The number of aromatic hydroxyl groups is 6. The molecule has 6 nitrogen and oxygen atoms in total. The Morgan fingerprint density at radius 2 is 0.340 bits per heavy atom. The first-order valence-corrected chi connectivity index (χ1v) is 30.9. The predicted molar refractivity (Wildman–Crippen MR) is 407 cm³/mol. The van der Waals surface area contributed by atoms with Gasteiger partial charge in [0, 0.05) is 0 Å². The van der Waals surface area contributed by atoms with E-state index in [1.165, 1.54) is 66.8 Å².